The molecule has 0 amide bonds. The van der Waals surface area contributed by atoms with Gasteiger partial charge in [-0.25, -0.2) is 18.0 Å². The Kier molecular flexibility index (Phi) is 9.27. The fourth-order valence-electron chi connectivity index (χ4n) is 1.70. The Bertz CT molecular complexity index is 735. The SMILES string of the molecule is C=CC(=O)OC(OCCCC(F)(F)C(F)(F)S(=O)(=O)[O-])(C(=O)OCCC)C(F)(F)F. The molecule has 0 aromatic carbocycles. The maximum atomic E-state index is 13.4. The van der Waals surface area contributed by atoms with Crippen LogP contribution in [0.25, 0.3) is 0 Å². The molecule has 0 fully saturated rings. The number of hydrogen-bond donors (Lipinski definition) is 0. The largest absolute Gasteiger partial charge is 0.743 e. The third-order valence-electron chi connectivity index (χ3n) is 3.17. The van der Waals surface area contributed by atoms with E-state index in [1.54, 1.807) is 0 Å². The second-order valence-corrected chi connectivity index (χ2v) is 6.92. The van der Waals surface area contributed by atoms with Crippen molar-refractivity contribution in [1.82, 2.24) is 0 Å². The Hall–Kier alpha value is -1.94. The molecule has 0 saturated carbocycles. The minimum Gasteiger partial charge on any atom is -0.743 e. The minimum atomic E-state index is -6.80. The predicted octanol–water partition coefficient (Wildman–Crippen LogP) is 2.50. The summed E-state index contributed by atoms with van der Waals surface area (Å²) in [6.45, 7) is 2.06. The molecule has 1 unspecified atom stereocenters. The highest BCUT2D eigenvalue weighted by Gasteiger charge is 2.68. The van der Waals surface area contributed by atoms with E-state index in [9.17, 15) is 53.3 Å². The molecule has 0 saturated heterocycles. The fraction of sp³-hybridized carbons (Fsp3) is 0.714. The first-order chi connectivity index (χ1) is 13.4. The van der Waals surface area contributed by atoms with Crippen molar-refractivity contribution in [3.8, 4) is 0 Å². The molecule has 0 bridgehead atoms. The van der Waals surface area contributed by atoms with Crippen molar-refractivity contribution in [1.29, 1.82) is 0 Å². The van der Waals surface area contributed by atoms with Crippen LogP contribution < -0.4 is 0 Å². The summed E-state index contributed by atoms with van der Waals surface area (Å²) < 4.78 is 136. The lowest BCUT2D eigenvalue weighted by molar-refractivity contribution is -0.354. The molecule has 8 nitrogen and oxygen atoms in total. The number of esters is 2. The topological polar surface area (TPSA) is 119 Å². The van der Waals surface area contributed by atoms with Gasteiger partial charge in [0.15, 0.2) is 10.1 Å². The summed E-state index contributed by atoms with van der Waals surface area (Å²) in [5.74, 6) is -14.0. The zero-order valence-corrected chi connectivity index (χ0v) is 16.0. The van der Waals surface area contributed by atoms with E-state index < -0.39 is 71.3 Å². The van der Waals surface area contributed by atoms with Crippen LogP contribution in [0.5, 0.6) is 0 Å². The van der Waals surface area contributed by atoms with Crippen LogP contribution in [0.4, 0.5) is 30.7 Å². The third kappa shape index (κ3) is 6.28. The van der Waals surface area contributed by atoms with Gasteiger partial charge in [-0.15, -0.1) is 0 Å². The molecule has 0 aliphatic rings. The second kappa shape index (κ2) is 9.91. The number of carbonyl (C=O) groups is 2. The molecule has 0 aliphatic carbocycles. The molecule has 0 N–H and O–H groups in total. The summed E-state index contributed by atoms with van der Waals surface area (Å²) in [5.41, 5.74) is 0. The van der Waals surface area contributed by atoms with E-state index in [4.69, 9.17) is 0 Å². The van der Waals surface area contributed by atoms with Gasteiger partial charge in [-0.3, -0.25) is 0 Å². The standard InChI is InChI=1S/C14H17F7O8S/c1-3-7-27-10(23)12(13(17,18)19,29-9(22)4-2)28-8-5-6-11(15,16)14(20,21)30(24,25)26/h4H,2-3,5-8H2,1H3,(H,24,25,26)/p-1. The number of ether oxygens (including phenoxy) is 3. The lowest BCUT2D eigenvalue weighted by Crippen LogP contribution is -2.58. The predicted molar refractivity (Wildman–Crippen MR) is 81.1 cm³/mol. The molecule has 1 atom stereocenters. The van der Waals surface area contributed by atoms with Crippen molar-refractivity contribution in [2.75, 3.05) is 13.2 Å². The Morgan fingerprint density at radius 1 is 1.07 bits per heavy atom. The Labute approximate surface area is 165 Å². The van der Waals surface area contributed by atoms with E-state index in [1.165, 1.54) is 6.92 Å². The van der Waals surface area contributed by atoms with Crippen LogP contribution in [0.15, 0.2) is 12.7 Å². The molecule has 0 rings (SSSR count). The van der Waals surface area contributed by atoms with E-state index in [-0.39, 0.29) is 12.5 Å². The normalized spacial score (nSPS) is 15.2. The molecule has 0 aromatic rings. The number of carbonyl (C=O) groups excluding carboxylic acids is 2. The average Bonchev–Trinajstić information content (AvgIpc) is 2.59. The average molecular weight is 477 g/mol. The van der Waals surface area contributed by atoms with Crippen LogP contribution in [0.2, 0.25) is 0 Å². The first kappa shape index (κ1) is 28.1. The van der Waals surface area contributed by atoms with E-state index in [0.29, 0.717) is 0 Å². The Morgan fingerprint density at radius 3 is 2.00 bits per heavy atom. The van der Waals surface area contributed by atoms with E-state index in [1.807, 2.05) is 0 Å². The highest BCUT2D eigenvalue weighted by Crippen LogP contribution is 2.42. The number of alkyl halides is 7. The molecule has 0 aromatic heterocycles. The van der Waals surface area contributed by atoms with Crippen LogP contribution >= 0.6 is 0 Å². The number of hydrogen-bond acceptors (Lipinski definition) is 8. The van der Waals surface area contributed by atoms with Gasteiger partial charge in [-0.1, -0.05) is 13.5 Å². The van der Waals surface area contributed by atoms with Gasteiger partial charge in [-0.05, 0) is 12.8 Å². The van der Waals surface area contributed by atoms with Crippen molar-refractivity contribution in [2.24, 2.45) is 0 Å². The van der Waals surface area contributed by atoms with Gasteiger partial charge in [0.1, 0.15) is 0 Å². The maximum absolute atomic E-state index is 13.4. The first-order valence-electron chi connectivity index (χ1n) is 7.84. The molecule has 0 spiro atoms. The number of halogens is 7. The van der Waals surface area contributed by atoms with Gasteiger partial charge in [0.05, 0.1) is 13.2 Å². The smallest absolute Gasteiger partial charge is 0.468 e. The summed E-state index contributed by atoms with van der Waals surface area (Å²) in [6.07, 6.45) is -9.11. The first-order valence-corrected chi connectivity index (χ1v) is 9.24. The summed E-state index contributed by atoms with van der Waals surface area (Å²) in [5, 5.41) is -6.06. The summed E-state index contributed by atoms with van der Waals surface area (Å²) in [7, 11) is -6.80. The molecular weight excluding hydrogens is 461 g/mol. The fourth-order valence-corrected chi connectivity index (χ4v) is 2.16. The van der Waals surface area contributed by atoms with E-state index in [0.717, 1.165) is 0 Å². The molecular formula is C14H16F7O8S-. The molecule has 0 heterocycles. The van der Waals surface area contributed by atoms with Gasteiger partial charge < -0.3 is 18.8 Å². The van der Waals surface area contributed by atoms with Crippen LogP contribution in [-0.4, -0.2) is 61.3 Å². The van der Waals surface area contributed by atoms with Crippen LogP contribution in [-0.2, 0) is 33.9 Å². The molecule has 0 aliphatic heterocycles. The zero-order chi connectivity index (χ0) is 24.0. The van der Waals surface area contributed by atoms with Crippen molar-refractivity contribution in [3.05, 3.63) is 12.7 Å². The molecule has 30 heavy (non-hydrogen) atoms. The molecule has 176 valence electrons. The van der Waals surface area contributed by atoms with Crippen molar-refractivity contribution in [2.45, 2.75) is 49.3 Å². The van der Waals surface area contributed by atoms with Gasteiger partial charge >= 0.3 is 35.1 Å². The van der Waals surface area contributed by atoms with Gasteiger partial charge in [0.2, 0.25) is 0 Å². The van der Waals surface area contributed by atoms with E-state index in [2.05, 4.69) is 20.8 Å². The van der Waals surface area contributed by atoms with Crippen molar-refractivity contribution >= 4 is 22.1 Å². The van der Waals surface area contributed by atoms with Crippen LogP contribution in [0.1, 0.15) is 26.2 Å². The lowest BCUT2D eigenvalue weighted by atomic mass is 10.2. The van der Waals surface area contributed by atoms with Crippen LogP contribution in [0.3, 0.4) is 0 Å². The van der Waals surface area contributed by atoms with Gasteiger partial charge in [-0.2, -0.15) is 30.7 Å². The highest BCUT2D eigenvalue weighted by molar-refractivity contribution is 7.86. The lowest BCUT2D eigenvalue weighted by Gasteiger charge is -2.32. The second-order valence-electron chi connectivity index (χ2n) is 5.50. The minimum absolute atomic E-state index is 0.0278. The maximum Gasteiger partial charge on any atom is 0.468 e. The quantitative estimate of drug-likeness (QED) is 0.105. The van der Waals surface area contributed by atoms with Crippen LogP contribution in [0, 0.1) is 0 Å². The van der Waals surface area contributed by atoms with E-state index >= 15 is 0 Å². The monoisotopic (exact) mass is 477 g/mol. The number of rotatable bonds is 12. The zero-order valence-electron chi connectivity index (χ0n) is 15.1. The van der Waals surface area contributed by atoms with Crippen molar-refractivity contribution < 1.29 is 67.5 Å². The Morgan fingerprint density at radius 2 is 1.60 bits per heavy atom. The molecule has 16 heteroatoms. The summed E-state index contributed by atoms with van der Waals surface area (Å²) in [6, 6.07) is 0. The van der Waals surface area contributed by atoms with Gasteiger partial charge in [0.25, 0.3) is 0 Å². The van der Waals surface area contributed by atoms with Gasteiger partial charge in [0, 0.05) is 12.5 Å². The third-order valence-corrected chi connectivity index (χ3v) is 4.10. The molecule has 0 radical (unpaired) electrons. The highest BCUT2D eigenvalue weighted by atomic mass is 32.2. The Balaban J connectivity index is 5.61. The summed E-state index contributed by atoms with van der Waals surface area (Å²) in [4.78, 5) is 23.1. The summed E-state index contributed by atoms with van der Waals surface area (Å²) >= 11 is 0. The van der Waals surface area contributed by atoms with Crippen molar-refractivity contribution in [3.63, 3.8) is 0 Å².